The number of anilines is 2. The SMILES string of the molecule is Fc1ccc2nc(Nc3c(Cl)cccc3Cl)cn2c1. The van der Waals surface area contributed by atoms with Crippen molar-refractivity contribution in [3.63, 3.8) is 0 Å². The summed E-state index contributed by atoms with van der Waals surface area (Å²) >= 11 is 12.1. The number of pyridine rings is 1. The van der Waals surface area contributed by atoms with E-state index in [0.717, 1.165) is 0 Å². The number of hydrogen-bond acceptors (Lipinski definition) is 2. The monoisotopic (exact) mass is 295 g/mol. The minimum atomic E-state index is -0.327. The second-order valence-electron chi connectivity index (χ2n) is 3.96. The molecule has 0 unspecified atom stereocenters. The number of halogens is 3. The van der Waals surface area contributed by atoms with Crippen molar-refractivity contribution in [3.05, 3.63) is 58.6 Å². The summed E-state index contributed by atoms with van der Waals surface area (Å²) in [6.07, 6.45) is 3.01. The first kappa shape index (κ1) is 12.3. The molecular weight excluding hydrogens is 288 g/mol. The van der Waals surface area contributed by atoms with Crippen molar-refractivity contribution in [2.75, 3.05) is 5.32 Å². The highest BCUT2D eigenvalue weighted by molar-refractivity contribution is 6.39. The Morgan fingerprint density at radius 3 is 2.53 bits per heavy atom. The average Bonchev–Trinajstić information content (AvgIpc) is 2.75. The Kier molecular flexibility index (Phi) is 3.05. The molecule has 0 aliphatic carbocycles. The normalized spacial score (nSPS) is 10.9. The highest BCUT2D eigenvalue weighted by Gasteiger charge is 2.08. The quantitative estimate of drug-likeness (QED) is 0.753. The Hall–Kier alpha value is -1.78. The molecule has 96 valence electrons. The number of hydrogen-bond donors (Lipinski definition) is 1. The van der Waals surface area contributed by atoms with Crippen LogP contribution in [0, 0.1) is 5.82 Å². The van der Waals surface area contributed by atoms with Crippen molar-refractivity contribution >= 4 is 40.4 Å². The molecule has 0 aliphatic rings. The zero-order chi connectivity index (χ0) is 13.4. The summed E-state index contributed by atoms with van der Waals surface area (Å²) in [5.74, 6) is 0.216. The number of fused-ring (bicyclic) bond motifs is 1. The van der Waals surface area contributed by atoms with Gasteiger partial charge in [0.2, 0.25) is 0 Å². The molecule has 3 nitrogen and oxygen atoms in total. The van der Waals surface area contributed by atoms with Gasteiger partial charge in [0.05, 0.1) is 21.9 Å². The molecule has 2 heterocycles. The third-order valence-corrected chi connectivity index (χ3v) is 3.26. The summed E-state index contributed by atoms with van der Waals surface area (Å²) in [6, 6.07) is 8.16. The average molecular weight is 296 g/mol. The third kappa shape index (κ3) is 2.37. The predicted molar refractivity (Wildman–Crippen MR) is 74.9 cm³/mol. The first-order valence-corrected chi connectivity index (χ1v) is 6.24. The second kappa shape index (κ2) is 4.72. The molecule has 0 aliphatic heterocycles. The fourth-order valence-electron chi connectivity index (χ4n) is 1.77. The van der Waals surface area contributed by atoms with E-state index in [9.17, 15) is 4.39 Å². The zero-order valence-corrected chi connectivity index (χ0v) is 11.1. The van der Waals surface area contributed by atoms with Crippen LogP contribution in [0.3, 0.4) is 0 Å². The molecule has 3 rings (SSSR count). The molecule has 0 saturated heterocycles. The molecule has 0 saturated carbocycles. The van der Waals surface area contributed by atoms with E-state index in [1.165, 1.54) is 12.3 Å². The van der Waals surface area contributed by atoms with Gasteiger partial charge in [-0.25, -0.2) is 9.37 Å². The van der Waals surface area contributed by atoms with Gasteiger partial charge in [0.25, 0.3) is 0 Å². The Morgan fingerprint density at radius 2 is 1.79 bits per heavy atom. The maximum Gasteiger partial charge on any atom is 0.149 e. The highest BCUT2D eigenvalue weighted by atomic mass is 35.5. The fraction of sp³-hybridized carbons (Fsp3) is 0. The number of nitrogens with zero attached hydrogens (tertiary/aromatic N) is 2. The van der Waals surface area contributed by atoms with E-state index in [2.05, 4.69) is 10.3 Å². The van der Waals surface area contributed by atoms with Gasteiger partial charge in [-0.05, 0) is 24.3 Å². The molecule has 3 aromatic rings. The lowest BCUT2D eigenvalue weighted by Gasteiger charge is -2.06. The number of aromatic nitrogens is 2. The molecule has 19 heavy (non-hydrogen) atoms. The standard InChI is InChI=1S/C13H8Cl2FN3/c14-9-2-1-3-10(15)13(9)18-11-7-19-6-8(16)4-5-12(19)17-11/h1-7,18H. The summed E-state index contributed by atoms with van der Waals surface area (Å²) < 4.78 is 14.7. The van der Waals surface area contributed by atoms with Crippen LogP contribution in [0.15, 0.2) is 42.7 Å². The first-order chi connectivity index (χ1) is 9.13. The van der Waals surface area contributed by atoms with Gasteiger partial charge in [-0.15, -0.1) is 0 Å². The number of rotatable bonds is 2. The van der Waals surface area contributed by atoms with Crippen LogP contribution in [0.25, 0.3) is 5.65 Å². The lowest BCUT2D eigenvalue weighted by atomic mass is 10.3. The van der Waals surface area contributed by atoms with Crippen molar-refractivity contribution in [2.24, 2.45) is 0 Å². The van der Waals surface area contributed by atoms with E-state index in [1.54, 1.807) is 34.9 Å². The van der Waals surface area contributed by atoms with E-state index in [-0.39, 0.29) is 5.82 Å². The van der Waals surface area contributed by atoms with Gasteiger partial charge in [-0.2, -0.15) is 0 Å². The van der Waals surface area contributed by atoms with Crippen LogP contribution in [0.2, 0.25) is 10.0 Å². The predicted octanol–water partition coefficient (Wildman–Crippen LogP) is 4.52. The lowest BCUT2D eigenvalue weighted by molar-refractivity contribution is 0.619. The van der Waals surface area contributed by atoms with E-state index in [1.807, 2.05) is 0 Å². The Morgan fingerprint density at radius 1 is 1.05 bits per heavy atom. The van der Waals surface area contributed by atoms with Crippen LogP contribution in [-0.2, 0) is 0 Å². The van der Waals surface area contributed by atoms with Crippen LogP contribution in [-0.4, -0.2) is 9.38 Å². The first-order valence-electron chi connectivity index (χ1n) is 5.49. The molecule has 0 fully saturated rings. The molecule has 0 atom stereocenters. The Bertz CT molecular complexity index is 734. The minimum Gasteiger partial charge on any atom is -0.336 e. The van der Waals surface area contributed by atoms with E-state index >= 15 is 0 Å². The van der Waals surface area contributed by atoms with Crippen molar-refractivity contribution in [2.45, 2.75) is 0 Å². The van der Waals surface area contributed by atoms with Gasteiger partial charge in [-0.1, -0.05) is 29.3 Å². The van der Waals surface area contributed by atoms with Crippen LogP contribution in [0.5, 0.6) is 0 Å². The van der Waals surface area contributed by atoms with Crippen LogP contribution < -0.4 is 5.32 Å². The summed E-state index contributed by atoms with van der Waals surface area (Å²) in [5.41, 5.74) is 1.21. The van der Waals surface area contributed by atoms with Crippen LogP contribution in [0.4, 0.5) is 15.9 Å². The Labute approximate surface area is 118 Å². The fourth-order valence-corrected chi connectivity index (χ4v) is 2.26. The van der Waals surface area contributed by atoms with Gasteiger partial charge >= 0.3 is 0 Å². The van der Waals surface area contributed by atoms with Gasteiger partial charge in [0.15, 0.2) is 0 Å². The largest absolute Gasteiger partial charge is 0.336 e. The highest BCUT2D eigenvalue weighted by Crippen LogP contribution is 2.32. The topological polar surface area (TPSA) is 29.3 Å². The Balaban J connectivity index is 2.01. The third-order valence-electron chi connectivity index (χ3n) is 2.63. The number of benzene rings is 1. The van der Waals surface area contributed by atoms with Gasteiger partial charge in [-0.3, -0.25) is 0 Å². The smallest absolute Gasteiger partial charge is 0.149 e. The second-order valence-corrected chi connectivity index (χ2v) is 4.77. The van der Waals surface area contributed by atoms with Gasteiger partial charge in [0, 0.05) is 6.20 Å². The summed E-state index contributed by atoms with van der Waals surface area (Å²) in [4.78, 5) is 4.30. The number of nitrogens with one attached hydrogen (secondary N) is 1. The summed E-state index contributed by atoms with van der Waals surface area (Å²) in [5, 5.41) is 4.02. The van der Waals surface area contributed by atoms with Gasteiger partial charge in [0.1, 0.15) is 17.3 Å². The van der Waals surface area contributed by atoms with E-state index in [4.69, 9.17) is 23.2 Å². The van der Waals surface area contributed by atoms with Crippen molar-refractivity contribution in [3.8, 4) is 0 Å². The summed E-state index contributed by atoms with van der Waals surface area (Å²) in [7, 11) is 0. The zero-order valence-electron chi connectivity index (χ0n) is 9.57. The van der Waals surface area contributed by atoms with Crippen LogP contribution in [0.1, 0.15) is 0 Å². The number of imidazole rings is 1. The van der Waals surface area contributed by atoms with Crippen LogP contribution >= 0.6 is 23.2 Å². The van der Waals surface area contributed by atoms with E-state index in [0.29, 0.717) is 27.2 Å². The van der Waals surface area contributed by atoms with E-state index < -0.39 is 0 Å². The van der Waals surface area contributed by atoms with Crippen molar-refractivity contribution in [1.29, 1.82) is 0 Å². The number of para-hydroxylation sites is 1. The van der Waals surface area contributed by atoms with Crippen molar-refractivity contribution in [1.82, 2.24) is 9.38 Å². The van der Waals surface area contributed by atoms with Crippen molar-refractivity contribution < 1.29 is 4.39 Å². The molecule has 0 spiro atoms. The molecule has 2 aromatic heterocycles. The molecule has 0 radical (unpaired) electrons. The summed E-state index contributed by atoms with van der Waals surface area (Å²) in [6.45, 7) is 0. The molecule has 1 N–H and O–H groups in total. The van der Waals surface area contributed by atoms with Gasteiger partial charge < -0.3 is 9.72 Å². The molecule has 0 bridgehead atoms. The lowest BCUT2D eigenvalue weighted by Crippen LogP contribution is -1.92. The molecule has 0 amide bonds. The molecule has 6 heteroatoms. The minimum absolute atomic E-state index is 0.327. The maximum atomic E-state index is 13.1. The maximum absolute atomic E-state index is 13.1. The molecule has 1 aromatic carbocycles. The molecular formula is C13H8Cl2FN3.